The van der Waals surface area contributed by atoms with Gasteiger partial charge in [0.2, 0.25) is 0 Å². The number of methoxy groups -OCH3 is 1. The highest BCUT2D eigenvalue weighted by atomic mass is 35.5. The first-order chi connectivity index (χ1) is 8.94. The molecule has 2 unspecified atom stereocenters. The fraction of sp³-hybridized carbons (Fsp3) is 0.692. The Hall–Kier alpha value is -1.07. The van der Waals surface area contributed by atoms with Crippen LogP contribution in [0.25, 0.3) is 0 Å². The van der Waals surface area contributed by atoms with Crippen LogP contribution in [0.4, 0.5) is 0 Å². The zero-order valence-electron chi connectivity index (χ0n) is 11.5. The van der Waals surface area contributed by atoms with Crippen LogP contribution in [0.1, 0.15) is 39.2 Å². The first-order valence-corrected chi connectivity index (χ1v) is 6.88. The summed E-state index contributed by atoms with van der Waals surface area (Å²) in [4.78, 5) is 12.0. The summed E-state index contributed by atoms with van der Waals surface area (Å²) in [6.45, 7) is 3.90. The molecular weight excluding hydrogens is 266 g/mol. The molecule has 1 N–H and O–H groups in total. The normalized spacial score (nSPS) is 19.8. The molecular formula is C13H20ClN3O2. The third kappa shape index (κ3) is 3.48. The maximum Gasteiger partial charge on any atom is 0.325 e. The molecule has 1 aliphatic carbocycles. The van der Waals surface area contributed by atoms with Gasteiger partial charge in [-0.15, -0.1) is 0 Å². The molecule has 1 aromatic rings. The molecule has 1 aromatic heterocycles. The predicted octanol–water partition coefficient (Wildman–Crippen LogP) is 2.17. The monoisotopic (exact) mass is 285 g/mol. The second kappa shape index (κ2) is 5.51. The Labute approximate surface area is 118 Å². The fourth-order valence-electron chi connectivity index (χ4n) is 2.34. The summed E-state index contributed by atoms with van der Waals surface area (Å²) in [5.41, 5.74) is -0.687. The summed E-state index contributed by atoms with van der Waals surface area (Å²) >= 11 is 5.87. The largest absolute Gasteiger partial charge is 0.468 e. The SMILES string of the molecule is COC(=O)C(C)(CC(C)n1cc(Cl)cn1)NC1CC1. The molecule has 1 aliphatic rings. The highest BCUT2D eigenvalue weighted by Crippen LogP contribution is 2.28. The molecule has 1 heterocycles. The van der Waals surface area contributed by atoms with Crippen molar-refractivity contribution in [3.05, 3.63) is 17.4 Å². The molecule has 0 aromatic carbocycles. The van der Waals surface area contributed by atoms with Crippen LogP contribution in [0.2, 0.25) is 5.02 Å². The van der Waals surface area contributed by atoms with Gasteiger partial charge < -0.3 is 4.74 Å². The Morgan fingerprint density at radius 1 is 1.74 bits per heavy atom. The zero-order chi connectivity index (χ0) is 14.0. The third-order valence-electron chi connectivity index (χ3n) is 3.46. The van der Waals surface area contributed by atoms with Gasteiger partial charge in [0.1, 0.15) is 5.54 Å². The molecule has 106 valence electrons. The van der Waals surface area contributed by atoms with Crippen molar-refractivity contribution < 1.29 is 9.53 Å². The van der Waals surface area contributed by atoms with Crippen LogP contribution in [0.15, 0.2) is 12.4 Å². The number of nitrogens with one attached hydrogen (secondary N) is 1. The van der Waals surface area contributed by atoms with E-state index in [0.717, 1.165) is 12.8 Å². The van der Waals surface area contributed by atoms with E-state index in [4.69, 9.17) is 16.3 Å². The lowest BCUT2D eigenvalue weighted by Gasteiger charge is -2.30. The van der Waals surface area contributed by atoms with Crippen molar-refractivity contribution in [3.63, 3.8) is 0 Å². The minimum atomic E-state index is -0.687. The number of carbonyl (C=O) groups excluding carboxylic acids is 1. The lowest BCUT2D eigenvalue weighted by molar-refractivity contribution is -0.148. The zero-order valence-corrected chi connectivity index (χ0v) is 12.3. The van der Waals surface area contributed by atoms with E-state index < -0.39 is 5.54 Å². The van der Waals surface area contributed by atoms with Crippen LogP contribution in [0, 0.1) is 0 Å². The number of hydrogen-bond donors (Lipinski definition) is 1. The van der Waals surface area contributed by atoms with Crippen LogP contribution in [-0.2, 0) is 9.53 Å². The molecule has 2 atom stereocenters. The second-order valence-corrected chi connectivity index (χ2v) is 5.87. The predicted molar refractivity (Wildman–Crippen MR) is 73.1 cm³/mol. The van der Waals surface area contributed by atoms with E-state index in [-0.39, 0.29) is 12.0 Å². The molecule has 0 saturated heterocycles. The smallest absolute Gasteiger partial charge is 0.325 e. The quantitative estimate of drug-likeness (QED) is 0.814. The molecule has 1 saturated carbocycles. The average Bonchev–Trinajstić information content (AvgIpc) is 3.06. The molecule has 0 amide bonds. The Kier molecular flexibility index (Phi) is 4.16. The van der Waals surface area contributed by atoms with Gasteiger partial charge >= 0.3 is 5.97 Å². The number of ether oxygens (including phenoxy) is 1. The summed E-state index contributed by atoms with van der Waals surface area (Å²) in [6, 6.07) is 0.486. The molecule has 1 fully saturated rings. The standard InChI is InChI=1S/C13H20ClN3O2/c1-9(17-8-10(14)7-15-17)6-13(2,12(18)19-3)16-11-4-5-11/h7-9,11,16H,4-6H2,1-3H3. The van der Waals surface area contributed by atoms with Crippen molar-refractivity contribution in [2.24, 2.45) is 0 Å². The maximum absolute atomic E-state index is 12.0. The molecule has 0 spiro atoms. The van der Waals surface area contributed by atoms with Crippen molar-refractivity contribution in [1.82, 2.24) is 15.1 Å². The lowest BCUT2D eigenvalue weighted by atomic mass is 9.93. The van der Waals surface area contributed by atoms with Gasteiger partial charge in [-0.05, 0) is 33.1 Å². The third-order valence-corrected chi connectivity index (χ3v) is 3.66. The Bertz CT molecular complexity index is 458. The van der Waals surface area contributed by atoms with Crippen LogP contribution in [-0.4, -0.2) is 34.4 Å². The number of rotatable bonds is 6. The number of carbonyl (C=O) groups is 1. The van der Waals surface area contributed by atoms with Gasteiger partial charge in [0, 0.05) is 12.2 Å². The summed E-state index contributed by atoms with van der Waals surface area (Å²) in [5, 5.41) is 8.16. The number of nitrogens with zero attached hydrogens (tertiary/aromatic N) is 2. The number of esters is 1. The summed E-state index contributed by atoms with van der Waals surface area (Å²) < 4.78 is 6.70. The second-order valence-electron chi connectivity index (χ2n) is 5.43. The van der Waals surface area contributed by atoms with Crippen molar-refractivity contribution in [3.8, 4) is 0 Å². The number of aromatic nitrogens is 2. The lowest BCUT2D eigenvalue weighted by Crippen LogP contribution is -2.52. The van der Waals surface area contributed by atoms with Crippen LogP contribution >= 0.6 is 11.6 Å². The Balaban J connectivity index is 2.08. The van der Waals surface area contributed by atoms with Gasteiger partial charge in [0.05, 0.1) is 24.4 Å². The Morgan fingerprint density at radius 3 is 2.89 bits per heavy atom. The summed E-state index contributed by atoms with van der Waals surface area (Å²) in [5.74, 6) is -0.232. The van der Waals surface area contributed by atoms with E-state index in [2.05, 4.69) is 10.4 Å². The van der Waals surface area contributed by atoms with E-state index in [1.54, 1.807) is 17.1 Å². The molecule has 5 nitrogen and oxygen atoms in total. The van der Waals surface area contributed by atoms with Crippen molar-refractivity contribution in [2.75, 3.05) is 7.11 Å². The molecule has 0 bridgehead atoms. The minimum Gasteiger partial charge on any atom is -0.468 e. The molecule has 6 heteroatoms. The van der Waals surface area contributed by atoms with Gasteiger partial charge in [-0.3, -0.25) is 14.8 Å². The molecule has 2 rings (SSSR count). The minimum absolute atomic E-state index is 0.0582. The summed E-state index contributed by atoms with van der Waals surface area (Å²) in [7, 11) is 1.42. The van der Waals surface area contributed by atoms with E-state index >= 15 is 0 Å². The van der Waals surface area contributed by atoms with E-state index in [1.165, 1.54) is 7.11 Å². The highest BCUT2D eigenvalue weighted by molar-refractivity contribution is 6.30. The fourth-order valence-corrected chi connectivity index (χ4v) is 2.49. The van der Waals surface area contributed by atoms with Crippen LogP contribution < -0.4 is 5.32 Å². The maximum atomic E-state index is 12.0. The van der Waals surface area contributed by atoms with Crippen molar-refractivity contribution >= 4 is 17.6 Å². The molecule has 19 heavy (non-hydrogen) atoms. The van der Waals surface area contributed by atoms with E-state index in [9.17, 15) is 4.79 Å². The van der Waals surface area contributed by atoms with Crippen molar-refractivity contribution in [1.29, 1.82) is 0 Å². The highest BCUT2D eigenvalue weighted by Gasteiger charge is 2.40. The first-order valence-electron chi connectivity index (χ1n) is 6.50. The van der Waals surface area contributed by atoms with E-state index in [0.29, 0.717) is 17.5 Å². The number of hydrogen-bond acceptors (Lipinski definition) is 4. The van der Waals surface area contributed by atoms with Gasteiger partial charge in [-0.2, -0.15) is 5.10 Å². The van der Waals surface area contributed by atoms with Crippen LogP contribution in [0.5, 0.6) is 0 Å². The van der Waals surface area contributed by atoms with Gasteiger partial charge in [-0.1, -0.05) is 11.6 Å². The molecule has 0 aliphatic heterocycles. The van der Waals surface area contributed by atoms with Crippen molar-refractivity contribution in [2.45, 2.75) is 50.7 Å². The Morgan fingerprint density at radius 2 is 2.42 bits per heavy atom. The molecule has 0 radical (unpaired) electrons. The van der Waals surface area contributed by atoms with E-state index in [1.807, 2.05) is 13.8 Å². The van der Waals surface area contributed by atoms with Gasteiger partial charge in [-0.25, -0.2) is 0 Å². The first kappa shape index (κ1) is 14.3. The summed E-state index contributed by atoms with van der Waals surface area (Å²) in [6.07, 6.45) is 6.21. The van der Waals surface area contributed by atoms with Gasteiger partial charge in [0.15, 0.2) is 0 Å². The topological polar surface area (TPSA) is 56.2 Å². The number of halogens is 1. The van der Waals surface area contributed by atoms with Crippen LogP contribution in [0.3, 0.4) is 0 Å². The van der Waals surface area contributed by atoms with Gasteiger partial charge in [0.25, 0.3) is 0 Å². The average molecular weight is 286 g/mol.